The summed E-state index contributed by atoms with van der Waals surface area (Å²) in [5.74, 6) is 2.58. The molecule has 0 aliphatic rings. The molecule has 8 heteroatoms. The quantitative estimate of drug-likeness (QED) is 0.381. The van der Waals surface area contributed by atoms with Crippen LogP contribution in [0.3, 0.4) is 0 Å². The molecule has 144 valence electrons. The summed E-state index contributed by atoms with van der Waals surface area (Å²) >= 11 is 0. The number of benzene rings is 1. The number of hydrogen-bond donors (Lipinski definition) is 1. The minimum Gasteiger partial charge on any atom is -0.489 e. The Morgan fingerprint density at radius 1 is 1.35 bits per heavy atom. The maximum Gasteiger partial charge on any atom is 0.194 e. The van der Waals surface area contributed by atoms with Crippen molar-refractivity contribution in [1.82, 2.24) is 25.0 Å². The Morgan fingerprint density at radius 2 is 2.04 bits per heavy atom. The Morgan fingerprint density at radius 3 is 2.62 bits per heavy atom. The summed E-state index contributed by atoms with van der Waals surface area (Å²) in [7, 11) is 3.87. The van der Waals surface area contributed by atoms with Crippen LogP contribution in [0.15, 0.2) is 35.6 Å². The SMILES string of the molecule is CCNC(=NCC(C)Oc1ccc(C)cc1)N(C)Cc1ncnn1C.I. The van der Waals surface area contributed by atoms with E-state index >= 15 is 0 Å². The number of rotatable bonds is 7. The van der Waals surface area contributed by atoms with Crippen LogP contribution < -0.4 is 10.1 Å². The molecule has 2 aromatic rings. The van der Waals surface area contributed by atoms with Crippen LogP contribution in [0, 0.1) is 6.92 Å². The minimum absolute atomic E-state index is 0. The largest absolute Gasteiger partial charge is 0.489 e. The van der Waals surface area contributed by atoms with Crippen LogP contribution in [-0.4, -0.2) is 51.9 Å². The predicted octanol–water partition coefficient (Wildman–Crippen LogP) is 2.61. The highest BCUT2D eigenvalue weighted by Crippen LogP contribution is 2.13. The molecule has 2 rings (SSSR count). The Balaban J connectivity index is 0.00000338. The second-order valence-corrected chi connectivity index (χ2v) is 6.09. The summed E-state index contributed by atoms with van der Waals surface area (Å²) in [5, 5.41) is 7.40. The van der Waals surface area contributed by atoms with Gasteiger partial charge in [-0.2, -0.15) is 5.10 Å². The zero-order chi connectivity index (χ0) is 18.2. The van der Waals surface area contributed by atoms with Crippen molar-refractivity contribution in [1.29, 1.82) is 0 Å². The average Bonchev–Trinajstić information content (AvgIpc) is 2.98. The Bertz CT molecular complexity index is 685. The number of nitrogens with zero attached hydrogens (tertiary/aromatic N) is 5. The smallest absolute Gasteiger partial charge is 0.194 e. The van der Waals surface area contributed by atoms with Gasteiger partial charge in [-0.25, -0.2) is 9.98 Å². The molecule has 1 aromatic heterocycles. The van der Waals surface area contributed by atoms with Crippen LogP contribution in [0.2, 0.25) is 0 Å². The highest BCUT2D eigenvalue weighted by Gasteiger charge is 2.11. The van der Waals surface area contributed by atoms with Gasteiger partial charge < -0.3 is 15.0 Å². The Hall–Kier alpha value is -1.84. The molecule has 1 unspecified atom stereocenters. The first kappa shape index (κ1) is 22.2. The molecular formula is C18H29IN6O. The molecular weight excluding hydrogens is 443 g/mol. The molecule has 1 N–H and O–H groups in total. The van der Waals surface area contributed by atoms with Crippen LogP contribution in [0.1, 0.15) is 25.2 Å². The molecule has 7 nitrogen and oxygen atoms in total. The summed E-state index contributed by atoms with van der Waals surface area (Å²) in [6.45, 7) is 8.14. The fraction of sp³-hybridized carbons (Fsp3) is 0.500. The zero-order valence-corrected chi connectivity index (χ0v) is 18.5. The summed E-state index contributed by atoms with van der Waals surface area (Å²) in [4.78, 5) is 11.0. The van der Waals surface area contributed by atoms with E-state index in [1.54, 1.807) is 11.0 Å². The van der Waals surface area contributed by atoms with E-state index in [0.717, 1.165) is 24.1 Å². The number of aromatic nitrogens is 3. The van der Waals surface area contributed by atoms with Gasteiger partial charge in [0.1, 0.15) is 24.0 Å². The Kier molecular flexibility index (Phi) is 9.39. The number of aliphatic imine (C=N–C) groups is 1. The van der Waals surface area contributed by atoms with Crippen molar-refractivity contribution in [2.75, 3.05) is 20.1 Å². The monoisotopic (exact) mass is 472 g/mol. The van der Waals surface area contributed by atoms with Crippen LogP contribution in [0.4, 0.5) is 0 Å². The van der Waals surface area contributed by atoms with Gasteiger partial charge in [0.25, 0.3) is 0 Å². The van der Waals surface area contributed by atoms with E-state index in [2.05, 4.69) is 34.2 Å². The summed E-state index contributed by atoms with van der Waals surface area (Å²) < 4.78 is 7.69. The van der Waals surface area contributed by atoms with E-state index in [9.17, 15) is 0 Å². The molecule has 0 radical (unpaired) electrons. The summed E-state index contributed by atoms with van der Waals surface area (Å²) in [6.07, 6.45) is 1.55. The van der Waals surface area contributed by atoms with Crippen LogP contribution >= 0.6 is 24.0 Å². The van der Waals surface area contributed by atoms with Crippen molar-refractivity contribution < 1.29 is 4.74 Å². The molecule has 0 fully saturated rings. The van der Waals surface area contributed by atoms with E-state index < -0.39 is 0 Å². The highest BCUT2D eigenvalue weighted by atomic mass is 127. The maximum absolute atomic E-state index is 5.92. The number of hydrogen-bond acceptors (Lipinski definition) is 4. The van der Waals surface area contributed by atoms with Gasteiger partial charge in [0.05, 0.1) is 13.1 Å². The Labute approximate surface area is 172 Å². The van der Waals surface area contributed by atoms with E-state index in [1.807, 2.05) is 50.2 Å². The van der Waals surface area contributed by atoms with Gasteiger partial charge >= 0.3 is 0 Å². The molecule has 0 spiro atoms. The third-order valence-corrected chi connectivity index (χ3v) is 3.74. The van der Waals surface area contributed by atoms with Gasteiger partial charge in [-0.15, -0.1) is 24.0 Å². The van der Waals surface area contributed by atoms with Crippen molar-refractivity contribution in [2.45, 2.75) is 33.4 Å². The number of halogens is 1. The summed E-state index contributed by atoms with van der Waals surface area (Å²) in [6, 6.07) is 8.07. The number of nitrogens with one attached hydrogen (secondary N) is 1. The molecule has 1 atom stereocenters. The number of guanidine groups is 1. The lowest BCUT2D eigenvalue weighted by Crippen LogP contribution is -2.39. The van der Waals surface area contributed by atoms with Gasteiger partial charge in [0.15, 0.2) is 5.96 Å². The summed E-state index contributed by atoms with van der Waals surface area (Å²) in [5.41, 5.74) is 1.22. The second kappa shape index (κ2) is 11.0. The van der Waals surface area contributed by atoms with Crippen molar-refractivity contribution in [3.05, 3.63) is 42.0 Å². The molecule has 1 aromatic carbocycles. The van der Waals surface area contributed by atoms with Gasteiger partial charge in [-0.05, 0) is 32.9 Å². The molecule has 0 saturated carbocycles. The molecule has 0 aliphatic carbocycles. The maximum atomic E-state index is 5.92. The van der Waals surface area contributed by atoms with Crippen LogP contribution in [0.5, 0.6) is 5.75 Å². The molecule has 26 heavy (non-hydrogen) atoms. The first-order valence-corrected chi connectivity index (χ1v) is 8.55. The molecule has 0 aliphatic heterocycles. The van der Waals surface area contributed by atoms with Gasteiger partial charge in [0.2, 0.25) is 0 Å². The first-order chi connectivity index (χ1) is 12.0. The highest BCUT2D eigenvalue weighted by molar-refractivity contribution is 14.0. The minimum atomic E-state index is -0.0143. The van der Waals surface area contributed by atoms with E-state index in [4.69, 9.17) is 4.74 Å². The zero-order valence-electron chi connectivity index (χ0n) is 16.1. The molecule has 1 heterocycles. The van der Waals surface area contributed by atoms with Crippen molar-refractivity contribution in [3.63, 3.8) is 0 Å². The lowest BCUT2D eigenvalue weighted by molar-refractivity contribution is 0.229. The van der Waals surface area contributed by atoms with E-state index in [0.29, 0.717) is 13.1 Å². The van der Waals surface area contributed by atoms with E-state index in [1.165, 1.54) is 5.56 Å². The second-order valence-electron chi connectivity index (χ2n) is 6.09. The topological polar surface area (TPSA) is 67.6 Å². The fourth-order valence-corrected chi connectivity index (χ4v) is 2.32. The third-order valence-electron chi connectivity index (χ3n) is 3.74. The molecule has 0 bridgehead atoms. The van der Waals surface area contributed by atoms with Crippen molar-refractivity contribution in [2.24, 2.45) is 12.0 Å². The lowest BCUT2D eigenvalue weighted by Gasteiger charge is -2.22. The van der Waals surface area contributed by atoms with Gasteiger partial charge in [-0.3, -0.25) is 4.68 Å². The van der Waals surface area contributed by atoms with Crippen molar-refractivity contribution >= 4 is 29.9 Å². The lowest BCUT2D eigenvalue weighted by atomic mass is 10.2. The molecule has 0 amide bonds. The normalized spacial score (nSPS) is 12.3. The van der Waals surface area contributed by atoms with Crippen molar-refractivity contribution in [3.8, 4) is 5.75 Å². The molecule has 0 saturated heterocycles. The number of ether oxygens (including phenoxy) is 1. The van der Waals surface area contributed by atoms with Crippen LogP contribution in [0.25, 0.3) is 0 Å². The van der Waals surface area contributed by atoms with Gasteiger partial charge in [-0.1, -0.05) is 17.7 Å². The fourth-order valence-electron chi connectivity index (χ4n) is 2.32. The predicted molar refractivity (Wildman–Crippen MR) is 115 cm³/mol. The first-order valence-electron chi connectivity index (χ1n) is 8.55. The third kappa shape index (κ3) is 6.81. The van der Waals surface area contributed by atoms with E-state index in [-0.39, 0.29) is 30.1 Å². The standard InChI is InChI=1S/C18H28N6O.HI/c1-6-19-18(23(4)12-17-21-13-22-24(17)5)20-11-15(3)25-16-9-7-14(2)8-10-16;/h7-10,13,15H,6,11-12H2,1-5H3,(H,19,20);1H. The van der Waals surface area contributed by atoms with Crippen LogP contribution in [-0.2, 0) is 13.6 Å². The number of aryl methyl sites for hydroxylation is 2. The average molecular weight is 472 g/mol. The van der Waals surface area contributed by atoms with Gasteiger partial charge in [0, 0.05) is 20.6 Å².